The molecule has 0 atom stereocenters. The van der Waals surface area contributed by atoms with E-state index in [0.29, 0.717) is 23.6 Å². The lowest BCUT2D eigenvalue weighted by Crippen LogP contribution is -2.00. The van der Waals surface area contributed by atoms with Gasteiger partial charge in [-0.25, -0.2) is 0 Å². The molecule has 3 rings (SSSR count). The second kappa shape index (κ2) is 5.31. The Hall–Kier alpha value is -2.77. The highest BCUT2D eigenvalue weighted by Crippen LogP contribution is 2.38. The summed E-state index contributed by atoms with van der Waals surface area (Å²) in [7, 11) is 0. The summed E-state index contributed by atoms with van der Waals surface area (Å²) in [6, 6.07) is 3.89. The highest BCUT2D eigenvalue weighted by atomic mass is 16.6. The van der Waals surface area contributed by atoms with Crippen molar-refractivity contribution < 1.29 is 19.0 Å². The summed E-state index contributed by atoms with van der Waals surface area (Å²) in [5.41, 5.74) is 0.0716. The van der Waals surface area contributed by atoms with Crippen LogP contribution in [0.5, 0.6) is 5.75 Å². The molecule has 8 heteroatoms. The molecule has 8 nitrogen and oxygen atoms in total. The molecule has 0 aliphatic heterocycles. The number of aromatic nitrogens is 2. The van der Waals surface area contributed by atoms with E-state index in [-0.39, 0.29) is 23.9 Å². The standard InChI is InChI=1S/C13H11N3O5/c17-6-8-1-4-10(16(18)19)11(5-8)20-7-12-14-13(15-21-12)9-2-3-9/h1,4-6,9H,2-3,7H2. The van der Waals surface area contributed by atoms with Gasteiger partial charge >= 0.3 is 5.69 Å². The van der Waals surface area contributed by atoms with Gasteiger partial charge in [0.25, 0.3) is 5.89 Å². The van der Waals surface area contributed by atoms with E-state index < -0.39 is 4.92 Å². The van der Waals surface area contributed by atoms with Crippen molar-refractivity contribution in [3.05, 3.63) is 45.6 Å². The minimum atomic E-state index is -0.576. The van der Waals surface area contributed by atoms with Crippen LogP contribution in [0, 0.1) is 10.1 Å². The molecule has 1 fully saturated rings. The molecule has 1 aromatic carbocycles. The van der Waals surface area contributed by atoms with Gasteiger partial charge in [-0.05, 0) is 25.0 Å². The first kappa shape index (κ1) is 13.2. The number of benzene rings is 1. The molecule has 0 spiro atoms. The third-order valence-electron chi connectivity index (χ3n) is 3.09. The van der Waals surface area contributed by atoms with Crippen molar-refractivity contribution in [2.24, 2.45) is 0 Å². The molecule has 0 amide bonds. The van der Waals surface area contributed by atoms with Crippen LogP contribution in [-0.2, 0) is 6.61 Å². The Kier molecular flexibility index (Phi) is 3.35. The lowest BCUT2D eigenvalue weighted by Gasteiger charge is -2.04. The number of rotatable bonds is 6. The summed E-state index contributed by atoms with van der Waals surface area (Å²) in [6.45, 7) is -0.0805. The summed E-state index contributed by atoms with van der Waals surface area (Å²) >= 11 is 0. The Morgan fingerprint density at radius 2 is 2.29 bits per heavy atom. The third kappa shape index (κ3) is 2.88. The summed E-state index contributed by atoms with van der Waals surface area (Å²) in [6.07, 6.45) is 2.69. The van der Waals surface area contributed by atoms with E-state index >= 15 is 0 Å². The Morgan fingerprint density at radius 3 is 2.95 bits per heavy atom. The quantitative estimate of drug-likeness (QED) is 0.455. The van der Waals surface area contributed by atoms with Gasteiger partial charge < -0.3 is 9.26 Å². The molecule has 2 aromatic rings. The van der Waals surface area contributed by atoms with E-state index in [1.165, 1.54) is 18.2 Å². The summed E-state index contributed by atoms with van der Waals surface area (Å²) in [5.74, 6) is 1.25. The van der Waals surface area contributed by atoms with E-state index in [0.717, 1.165) is 12.8 Å². The molecule has 0 unspecified atom stereocenters. The minimum Gasteiger partial charge on any atom is -0.477 e. The van der Waals surface area contributed by atoms with Gasteiger partial charge in [0.1, 0.15) is 6.29 Å². The van der Waals surface area contributed by atoms with Crippen LogP contribution in [0.25, 0.3) is 0 Å². The number of aldehydes is 1. The Bertz CT molecular complexity index is 693. The van der Waals surface area contributed by atoms with Crippen LogP contribution in [0.3, 0.4) is 0 Å². The van der Waals surface area contributed by atoms with E-state index in [4.69, 9.17) is 9.26 Å². The fourth-order valence-corrected chi connectivity index (χ4v) is 1.84. The second-order valence-corrected chi connectivity index (χ2v) is 4.71. The Morgan fingerprint density at radius 1 is 1.48 bits per heavy atom. The monoisotopic (exact) mass is 289 g/mol. The SMILES string of the molecule is O=Cc1ccc([N+](=O)[O-])c(OCc2nc(C3CC3)no2)c1. The molecule has 0 bridgehead atoms. The smallest absolute Gasteiger partial charge is 0.310 e. The third-order valence-corrected chi connectivity index (χ3v) is 3.09. The topological polar surface area (TPSA) is 108 Å². The van der Waals surface area contributed by atoms with Crippen molar-refractivity contribution in [2.75, 3.05) is 0 Å². The van der Waals surface area contributed by atoms with Gasteiger partial charge in [0.05, 0.1) is 4.92 Å². The average Bonchev–Trinajstić information content (AvgIpc) is 3.23. The van der Waals surface area contributed by atoms with Crippen molar-refractivity contribution in [3.8, 4) is 5.75 Å². The number of nitro benzene ring substituents is 1. The zero-order valence-corrected chi connectivity index (χ0v) is 10.9. The molecule has 0 saturated heterocycles. The molecule has 108 valence electrons. The van der Waals surface area contributed by atoms with Gasteiger partial charge in [0.15, 0.2) is 18.2 Å². The second-order valence-electron chi connectivity index (χ2n) is 4.71. The minimum absolute atomic E-state index is 0.00391. The molecule has 1 aliphatic carbocycles. The fraction of sp³-hybridized carbons (Fsp3) is 0.308. The summed E-state index contributed by atoms with van der Waals surface area (Å²) < 4.78 is 10.4. The summed E-state index contributed by atoms with van der Waals surface area (Å²) in [4.78, 5) is 25.2. The predicted molar refractivity (Wildman–Crippen MR) is 69.1 cm³/mol. The van der Waals surface area contributed by atoms with Crippen molar-refractivity contribution in [1.29, 1.82) is 0 Å². The van der Waals surface area contributed by atoms with Crippen molar-refractivity contribution >= 4 is 12.0 Å². The molecule has 1 heterocycles. The van der Waals surface area contributed by atoms with Crippen LogP contribution in [0.4, 0.5) is 5.69 Å². The highest BCUT2D eigenvalue weighted by molar-refractivity contribution is 5.76. The van der Waals surface area contributed by atoms with Crippen molar-refractivity contribution in [3.63, 3.8) is 0 Å². The lowest BCUT2D eigenvalue weighted by atomic mass is 10.2. The molecular formula is C13H11N3O5. The largest absolute Gasteiger partial charge is 0.477 e. The van der Waals surface area contributed by atoms with Crippen molar-refractivity contribution in [1.82, 2.24) is 10.1 Å². The van der Waals surface area contributed by atoms with Crippen LogP contribution in [0.2, 0.25) is 0 Å². The molecule has 1 aliphatic rings. The van der Waals surface area contributed by atoms with E-state index in [1.54, 1.807) is 0 Å². The molecule has 1 aromatic heterocycles. The predicted octanol–water partition coefficient (Wildman–Crippen LogP) is 2.25. The Balaban J connectivity index is 1.75. The van der Waals surface area contributed by atoms with Gasteiger partial charge in [-0.2, -0.15) is 4.98 Å². The van der Waals surface area contributed by atoms with E-state index in [1.807, 2.05) is 0 Å². The molecule has 1 saturated carbocycles. The average molecular weight is 289 g/mol. The zero-order chi connectivity index (χ0) is 14.8. The van der Waals surface area contributed by atoms with Crippen molar-refractivity contribution in [2.45, 2.75) is 25.4 Å². The van der Waals surface area contributed by atoms with E-state index in [2.05, 4.69) is 10.1 Å². The maximum Gasteiger partial charge on any atom is 0.310 e. The van der Waals surface area contributed by atoms with Crippen LogP contribution >= 0.6 is 0 Å². The molecule has 0 N–H and O–H groups in total. The number of nitro groups is 1. The van der Waals surface area contributed by atoms with Crippen LogP contribution in [0.15, 0.2) is 22.7 Å². The Labute approximate surface area is 118 Å². The number of hydrogen-bond acceptors (Lipinski definition) is 7. The lowest BCUT2D eigenvalue weighted by molar-refractivity contribution is -0.386. The highest BCUT2D eigenvalue weighted by Gasteiger charge is 2.29. The molecule has 21 heavy (non-hydrogen) atoms. The number of carbonyl (C=O) groups excluding carboxylic acids is 1. The van der Waals surface area contributed by atoms with Gasteiger partial charge in [-0.3, -0.25) is 14.9 Å². The van der Waals surface area contributed by atoms with E-state index in [9.17, 15) is 14.9 Å². The van der Waals surface area contributed by atoms with Crippen LogP contribution in [-0.4, -0.2) is 21.4 Å². The summed E-state index contributed by atoms with van der Waals surface area (Å²) in [5, 5.41) is 14.7. The van der Waals surface area contributed by atoms with Crippen LogP contribution in [0.1, 0.15) is 40.8 Å². The van der Waals surface area contributed by atoms with Gasteiger partial charge in [-0.1, -0.05) is 5.16 Å². The van der Waals surface area contributed by atoms with Gasteiger partial charge in [-0.15, -0.1) is 0 Å². The first-order chi connectivity index (χ1) is 10.2. The first-order valence-corrected chi connectivity index (χ1v) is 6.36. The number of carbonyl (C=O) groups is 1. The number of nitrogens with zero attached hydrogens (tertiary/aromatic N) is 3. The fourth-order valence-electron chi connectivity index (χ4n) is 1.84. The first-order valence-electron chi connectivity index (χ1n) is 6.36. The van der Waals surface area contributed by atoms with Gasteiger partial charge in [0.2, 0.25) is 0 Å². The maximum atomic E-state index is 10.9. The number of ether oxygens (including phenoxy) is 1. The molecular weight excluding hydrogens is 278 g/mol. The zero-order valence-electron chi connectivity index (χ0n) is 10.9. The maximum absolute atomic E-state index is 10.9. The molecule has 0 radical (unpaired) electrons. The number of hydrogen-bond donors (Lipinski definition) is 0. The van der Waals surface area contributed by atoms with Gasteiger partial charge in [0, 0.05) is 17.5 Å². The van der Waals surface area contributed by atoms with Crippen LogP contribution < -0.4 is 4.74 Å². The normalized spacial score (nSPS) is 13.9.